The second kappa shape index (κ2) is 8.03. The molecule has 7 atom stereocenters. The molecule has 1 aromatic heterocycles. The van der Waals surface area contributed by atoms with E-state index in [2.05, 4.69) is 11.1 Å². The molecule has 0 radical (unpaired) electrons. The molecule has 2 spiro atoms. The van der Waals surface area contributed by atoms with Crippen LogP contribution in [0.25, 0.3) is 16.3 Å². The maximum Gasteiger partial charge on any atom is 0.413 e. The summed E-state index contributed by atoms with van der Waals surface area (Å²) in [7, 11) is 3.69. The third-order valence-corrected chi connectivity index (χ3v) is 10.5. The summed E-state index contributed by atoms with van der Waals surface area (Å²) in [6.07, 6.45) is 2.14. The average Bonchev–Trinajstić information content (AvgIpc) is 3.40. The normalized spacial score (nSPS) is 39.4. The molecule has 1 aromatic carbocycles. The third kappa shape index (κ3) is 3.32. The lowest BCUT2D eigenvalue weighted by molar-refractivity contribution is -0.170. The van der Waals surface area contributed by atoms with Crippen molar-refractivity contribution >= 4 is 16.3 Å². The van der Waals surface area contributed by atoms with E-state index in [1.54, 1.807) is 18.5 Å². The molecular weight excluding hydrogens is 505 g/mol. The van der Waals surface area contributed by atoms with Crippen molar-refractivity contribution in [3.63, 3.8) is 0 Å². The molecular formula is C31H33F3N2O3. The van der Waals surface area contributed by atoms with Crippen LogP contribution in [-0.4, -0.2) is 69.8 Å². The van der Waals surface area contributed by atoms with E-state index < -0.39 is 40.6 Å². The molecule has 5 aliphatic rings. The summed E-state index contributed by atoms with van der Waals surface area (Å²) >= 11 is 0. The lowest BCUT2D eigenvalue weighted by Crippen LogP contribution is -2.62. The Morgan fingerprint density at radius 3 is 2.64 bits per heavy atom. The minimum atomic E-state index is -4.55. The van der Waals surface area contributed by atoms with Crippen LogP contribution in [0.4, 0.5) is 13.2 Å². The molecule has 2 bridgehead atoms. The number of hydrogen-bond donors (Lipinski definition) is 2. The van der Waals surface area contributed by atoms with Crippen molar-refractivity contribution in [2.45, 2.75) is 74.7 Å². The molecule has 5 nitrogen and oxygen atoms in total. The molecule has 8 heteroatoms. The zero-order valence-electron chi connectivity index (χ0n) is 22.3. The number of likely N-dealkylation sites (N-methyl/N-ethyl adjacent to an activating group) is 1. The van der Waals surface area contributed by atoms with Crippen LogP contribution in [0, 0.1) is 11.3 Å². The van der Waals surface area contributed by atoms with E-state index in [9.17, 15) is 23.4 Å². The van der Waals surface area contributed by atoms with Crippen molar-refractivity contribution in [3.05, 3.63) is 71.1 Å². The molecule has 7 rings (SSSR count). The number of benzene rings is 1. The van der Waals surface area contributed by atoms with Crippen LogP contribution in [0.5, 0.6) is 0 Å². The highest BCUT2D eigenvalue weighted by atomic mass is 19.4. The zero-order valence-corrected chi connectivity index (χ0v) is 22.3. The molecule has 39 heavy (non-hydrogen) atoms. The van der Waals surface area contributed by atoms with Crippen LogP contribution < -0.4 is 0 Å². The van der Waals surface area contributed by atoms with Crippen LogP contribution in [0.3, 0.4) is 0 Å². The minimum absolute atomic E-state index is 0.158. The number of aliphatic hydroxyl groups excluding tert-OH is 2. The standard InChI is InChI=1S/C31H33F3N2O3/c1-28-14-23(31(32,33)34)21-13-22-26(37)27(38)24(36(2)3)15-29(22)9-10-30(21,39-29)25(28)7-6-20(28)18-5-4-17-8-11-35-16-19(17)12-18/h4-6,8,11-13,16,24-27,37-38H,7,9-10,14-15H2,1-3H3. The van der Waals surface area contributed by atoms with Crippen LogP contribution in [0.2, 0.25) is 0 Å². The molecule has 3 heterocycles. The highest BCUT2D eigenvalue weighted by Crippen LogP contribution is 2.70. The Balaban J connectivity index is 1.39. The van der Waals surface area contributed by atoms with Crippen molar-refractivity contribution in [3.8, 4) is 0 Å². The van der Waals surface area contributed by atoms with Gasteiger partial charge in [0.15, 0.2) is 0 Å². The van der Waals surface area contributed by atoms with Gasteiger partial charge in [0.2, 0.25) is 0 Å². The van der Waals surface area contributed by atoms with E-state index in [1.807, 2.05) is 50.2 Å². The predicted molar refractivity (Wildman–Crippen MR) is 142 cm³/mol. The molecule has 7 unspecified atom stereocenters. The van der Waals surface area contributed by atoms with Gasteiger partial charge in [0.05, 0.1) is 17.3 Å². The van der Waals surface area contributed by atoms with E-state index >= 15 is 0 Å². The number of rotatable bonds is 2. The van der Waals surface area contributed by atoms with Gasteiger partial charge in [-0.15, -0.1) is 0 Å². The Labute approximate surface area is 225 Å². The van der Waals surface area contributed by atoms with Gasteiger partial charge in [-0.25, -0.2) is 0 Å². The molecule has 1 saturated carbocycles. The van der Waals surface area contributed by atoms with Gasteiger partial charge in [-0.2, -0.15) is 13.2 Å². The Bertz CT molecular complexity index is 1480. The number of nitrogens with zero attached hydrogens (tertiary/aromatic N) is 2. The van der Waals surface area contributed by atoms with E-state index in [4.69, 9.17) is 4.74 Å². The molecule has 2 fully saturated rings. The SMILES string of the molecule is CN(C)C1CC23CCC4(O2)C(=C(C(F)(F)F)CC2(C)C(c5ccc6ccncc6c5)=CCC24)C=C3C(O)C1O. The van der Waals surface area contributed by atoms with Crippen molar-refractivity contribution in [1.82, 2.24) is 9.88 Å². The van der Waals surface area contributed by atoms with Crippen molar-refractivity contribution < 1.29 is 28.1 Å². The average molecular weight is 539 g/mol. The lowest BCUT2D eigenvalue weighted by atomic mass is 9.56. The number of alkyl halides is 3. The van der Waals surface area contributed by atoms with Gasteiger partial charge in [0, 0.05) is 40.7 Å². The topological polar surface area (TPSA) is 65.8 Å². The summed E-state index contributed by atoms with van der Waals surface area (Å²) in [5.41, 5.74) is -0.934. The first-order valence-electron chi connectivity index (χ1n) is 13.7. The van der Waals surface area contributed by atoms with E-state index in [1.165, 1.54) is 0 Å². The Morgan fingerprint density at radius 1 is 1.10 bits per heavy atom. The van der Waals surface area contributed by atoms with Crippen LogP contribution >= 0.6 is 0 Å². The van der Waals surface area contributed by atoms with Crippen molar-refractivity contribution in [2.75, 3.05) is 14.1 Å². The van der Waals surface area contributed by atoms with Gasteiger partial charge in [-0.1, -0.05) is 31.2 Å². The Kier molecular flexibility index (Phi) is 5.24. The van der Waals surface area contributed by atoms with Crippen molar-refractivity contribution in [2.24, 2.45) is 11.3 Å². The monoisotopic (exact) mass is 538 g/mol. The maximum absolute atomic E-state index is 14.9. The fourth-order valence-corrected chi connectivity index (χ4v) is 8.63. The van der Waals surface area contributed by atoms with E-state index in [0.29, 0.717) is 31.3 Å². The molecule has 1 saturated heterocycles. The maximum atomic E-state index is 14.9. The largest absolute Gasteiger partial charge is 0.413 e. The number of ether oxygens (including phenoxy) is 1. The predicted octanol–water partition coefficient (Wildman–Crippen LogP) is 5.19. The first-order valence-corrected chi connectivity index (χ1v) is 13.7. The fourth-order valence-electron chi connectivity index (χ4n) is 8.63. The number of aromatic nitrogens is 1. The summed E-state index contributed by atoms with van der Waals surface area (Å²) < 4.78 is 51.6. The van der Waals surface area contributed by atoms with E-state index in [0.717, 1.165) is 21.9 Å². The number of allylic oxidation sites excluding steroid dienone is 3. The zero-order chi connectivity index (χ0) is 27.5. The lowest BCUT2D eigenvalue weighted by Gasteiger charge is -2.57. The fraction of sp³-hybridized carbons (Fsp3) is 0.516. The molecule has 206 valence electrons. The summed E-state index contributed by atoms with van der Waals surface area (Å²) in [6.45, 7) is 1.97. The summed E-state index contributed by atoms with van der Waals surface area (Å²) in [6, 6.07) is 7.60. The smallest absolute Gasteiger partial charge is 0.388 e. The number of pyridine rings is 1. The van der Waals surface area contributed by atoms with Gasteiger partial charge >= 0.3 is 6.18 Å². The summed E-state index contributed by atoms with van der Waals surface area (Å²) in [5.74, 6) is -0.176. The molecule has 2 N–H and O–H groups in total. The molecule has 0 amide bonds. The summed E-state index contributed by atoms with van der Waals surface area (Å²) in [4.78, 5) is 6.10. The number of hydrogen-bond acceptors (Lipinski definition) is 5. The van der Waals surface area contributed by atoms with Gasteiger partial charge in [-0.3, -0.25) is 4.98 Å². The van der Waals surface area contributed by atoms with Gasteiger partial charge < -0.3 is 19.8 Å². The number of aliphatic hydroxyl groups is 2. The molecule has 2 aliphatic heterocycles. The van der Waals surface area contributed by atoms with Gasteiger partial charge in [-0.05, 0) is 86.0 Å². The molecule has 2 aromatic rings. The Morgan fingerprint density at radius 2 is 1.90 bits per heavy atom. The second-order valence-electron chi connectivity index (χ2n) is 12.6. The highest BCUT2D eigenvalue weighted by Gasteiger charge is 2.69. The highest BCUT2D eigenvalue weighted by molar-refractivity contribution is 5.87. The second-order valence-corrected chi connectivity index (χ2v) is 12.6. The Hall–Kier alpha value is -2.52. The quantitative estimate of drug-likeness (QED) is 0.551. The first kappa shape index (κ1) is 25.4. The van der Waals surface area contributed by atoms with E-state index in [-0.39, 0.29) is 24.0 Å². The van der Waals surface area contributed by atoms with Crippen LogP contribution in [0.1, 0.15) is 44.6 Å². The number of fused-ring (bicyclic) bond motifs is 2. The van der Waals surface area contributed by atoms with Crippen LogP contribution in [-0.2, 0) is 4.74 Å². The third-order valence-electron chi connectivity index (χ3n) is 10.5. The van der Waals surface area contributed by atoms with Crippen molar-refractivity contribution in [1.29, 1.82) is 0 Å². The first-order chi connectivity index (χ1) is 18.4. The number of halogens is 3. The van der Waals surface area contributed by atoms with Gasteiger partial charge in [0.1, 0.15) is 6.10 Å². The van der Waals surface area contributed by atoms with Crippen LogP contribution in [0.15, 0.2) is 65.5 Å². The minimum Gasteiger partial charge on any atom is -0.388 e. The summed E-state index contributed by atoms with van der Waals surface area (Å²) in [5, 5.41) is 24.0. The van der Waals surface area contributed by atoms with Gasteiger partial charge in [0.25, 0.3) is 0 Å². The molecule has 3 aliphatic carbocycles.